The first-order valence-electron chi connectivity index (χ1n) is 4.02. The van der Waals surface area contributed by atoms with Crippen LogP contribution in [0.3, 0.4) is 0 Å². The average molecular weight is 153 g/mol. The maximum absolute atomic E-state index is 5.68. The highest BCUT2D eigenvalue weighted by molar-refractivity contribution is 5.28. The van der Waals surface area contributed by atoms with Gasteiger partial charge in [-0.2, -0.15) is 0 Å². The van der Waals surface area contributed by atoms with Gasteiger partial charge >= 0.3 is 0 Å². The van der Waals surface area contributed by atoms with Crippen LogP contribution in [0, 0.1) is 6.92 Å². The van der Waals surface area contributed by atoms with E-state index in [1.54, 1.807) is 0 Å². The van der Waals surface area contributed by atoms with Crippen LogP contribution in [0.25, 0.3) is 0 Å². The SMILES string of the molecule is CCc1c(C)nc(N)n1CC. The van der Waals surface area contributed by atoms with E-state index in [2.05, 4.69) is 23.4 Å². The second-order valence-corrected chi connectivity index (χ2v) is 2.60. The Labute approximate surface area is 67.2 Å². The van der Waals surface area contributed by atoms with Gasteiger partial charge in [0.2, 0.25) is 5.95 Å². The molecule has 0 amide bonds. The van der Waals surface area contributed by atoms with Gasteiger partial charge in [0, 0.05) is 12.2 Å². The van der Waals surface area contributed by atoms with Gasteiger partial charge in [0.15, 0.2) is 0 Å². The van der Waals surface area contributed by atoms with E-state index < -0.39 is 0 Å². The number of anilines is 1. The summed E-state index contributed by atoms with van der Waals surface area (Å²) in [4.78, 5) is 4.19. The van der Waals surface area contributed by atoms with Crippen LogP contribution in [0.1, 0.15) is 25.2 Å². The highest BCUT2D eigenvalue weighted by atomic mass is 15.2. The number of nitrogens with zero attached hydrogens (tertiary/aromatic N) is 2. The molecule has 0 aliphatic carbocycles. The number of nitrogens with two attached hydrogens (primary N) is 1. The molecular weight excluding hydrogens is 138 g/mol. The Bertz CT molecular complexity index is 226. The van der Waals surface area contributed by atoms with Crippen LogP contribution in [0.2, 0.25) is 0 Å². The van der Waals surface area contributed by atoms with E-state index in [9.17, 15) is 0 Å². The Balaban J connectivity index is 3.17. The number of aromatic nitrogens is 2. The molecule has 2 N–H and O–H groups in total. The quantitative estimate of drug-likeness (QED) is 0.697. The molecule has 0 radical (unpaired) electrons. The molecule has 0 aromatic carbocycles. The zero-order chi connectivity index (χ0) is 8.43. The van der Waals surface area contributed by atoms with Gasteiger partial charge in [0.05, 0.1) is 5.69 Å². The molecule has 0 bridgehead atoms. The second kappa shape index (κ2) is 2.95. The fourth-order valence-corrected chi connectivity index (χ4v) is 1.43. The van der Waals surface area contributed by atoms with Crippen molar-refractivity contribution in [2.24, 2.45) is 0 Å². The molecule has 0 unspecified atom stereocenters. The predicted molar refractivity (Wildman–Crippen MR) is 46.4 cm³/mol. The summed E-state index contributed by atoms with van der Waals surface area (Å²) in [5.41, 5.74) is 8.00. The minimum atomic E-state index is 0.641. The van der Waals surface area contributed by atoms with Gasteiger partial charge in [0.1, 0.15) is 0 Å². The Kier molecular flexibility index (Phi) is 2.17. The molecule has 0 saturated carbocycles. The summed E-state index contributed by atoms with van der Waals surface area (Å²) in [6, 6.07) is 0. The Morgan fingerprint density at radius 3 is 2.45 bits per heavy atom. The van der Waals surface area contributed by atoms with Gasteiger partial charge < -0.3 is 10.3 Å². The monoisotopic (exact) mass is 153 g/mol. The highest BCUT2D eigenvalue weighted by Crippen LogP contribution is 2.12. The maximum atomic E-state index is 5.68. The minimum Gasteiger partial charge on any atom is -0.369 e. The lowest BCUT2D eigenvalue weighted by atomic mass is 10.3. The molecule has 0 aliphatic heterocycles. The molecule has 3 nitrogen and oxygen atoms in total. The van der Waals surface area contributed by atoms with Crippen LogP contribution in [0.5, 0.6) is 0 Å². The molecule has 1 heterocycles. The van der Waals surface area contributed by atoms with Crippen molar-refractivity contribution >= 4 is 5.95 Å². The normalized spacial score (nSPS) is 10.5. The van der Waals surface area contributed by atoms with Crippen LogP contribution in [0.15, 0.2) is 0 Å². The summed E-state index contributed by atoms with van der Waals surface area (Å²) in [7, 11) is 0. The van der Waals surface area contributed by atoms with E-state index in [0.717, 1.165) is 18.7 Å². The molecule has 0 fully saturated rings. The minimum absolute atomic E-state index is 0.641. The summed E-state index contributed by atoms with van der Waals surface area (Å²) in [6.45, 7) is 7.11. The molecule has 3 heteroatoms. The van der Waals surface area contributed by atoms with Gasteiger partial charge in [-0.25, -0.2) is 4.98 Å². The van der Waals surface area contributed by atoms with E-state index >= 15 is 0 Å². The molecular formula is C8H15N3. The van der Waals surface area contributed by atoms with E-state index in [1.807, 2.05) is 6.92 Å². The van der Waals surface area contributed by atoms with E-state index in [-0.39, 0.29) is 0 Å². The fraction of sp³-hybridized carbons (Fsp3) is 0.625. The van der Waals surface area contributed by atoms with Crippen molar-refractivity contribution in [3.8, 4) is 0 Å². The molecule has 0 aliphatic rings. The third kappa shape index (κ3) is 1.23. The van der Waals surface area contributed by atoms with E-state index in [1.165, 1.54) is 5.69 Å². The lowest BCUT2D eigenvalue weighted by molar-refractivity contribution is 0.726. The summed E-state index contributed by atoms with van der Waals surface area (Å²) in [5, 5.41) is 0. The summed E-state index contributed by atoms with van der Waals surface area (Å²) in [6.07, 6.45) is 1.00. The molecule has 62 valence electrons. The van der Waals surface area contributed by atoms with Crippen LogP contribution >= 0.6 is 0 Å². The summed E-state index contributed by atoms with van der Waals surface area (Å²) < 4.78 is 2.05. The first kappa shape index (κ1) is 8.11. The fourth-order valence-electron chi connectivity index (χ4n) is 1.43. The van der Waals surface area contributed by atoms with Gasteiger partial charge in [-0.15, -0.1) is 0 Å². The van der Waals surface area contributed by atoms with Crippen LogP contribution in [-0.2, 0) is 13.0 Å². The Hall–Kier alpha value is -0.990. The average Bonchev–Trinajstić information content (AvgIpc) is 2.24. The van der Waals surface area contributed by atoms with Crippen molar-refractivity contribution in [2.45, 2.75) is 33.7 Å². The topological polar surface area (TPSA) is 43.8 Å². The molecule has 0 saturated heterocycles. The second-order valence-electron chi connectivity index (χ2n) is 2.60. The van der Waals surface area contributed by atoms with Crippen molar-refractivity contribution in [2.75, 3.05) is 5.73 Å². The third-order valence-electron chi connectivity index (χ3n) is 1.95. The van der Waals surface area contributed by atoms with E-state index in [0.29, 0.717) is 5.95 Å². The predicted octanol–water partition coefficient (Wildman–Crippen LogP) is 1.36. The van der Waals surface area contributed by atoms with Gasteiger partial charge in [0.25, 0.3) is 0 Å². The zero-order valence-electron chi connectivity index (χ0n) is 7.39. The van der Waals surface area contributed by atoms with Crippen LogP contribution < -0.4 is 5.73 Å². The number of imidazole rings is 1. The summed E-state index contributed by atoms with van der Waals surface area (Å²) >= 11 is 0. The van der Waals surface area contributed by atoms with Gasteiger partial charge in [-0.05, 0) is 20.3 Å². The zero-order valence-corrected chi connectivity index (χ0v) is 7.39. The summed E-state index contributed by atoms with van der Waals surface area (Å²) in [5.74, 6) is 0.641. The first-order valence-corrected chi connectivity index (χ1v) is 4.02. The third-order valence-corrected chi connectivity index (χ3v) is 1.95. The van der Waals surface area contributed by atoms with Crippen molar-refractivity contribution in [1.29, 1.82) is 0 Å². The molecule has 0 spiro atoms. The van der Waals surface area contributed by atoms with Crippen molar-refractivity contribution in [1.82, 2.24) is 9.55 Å². The molecule has 1 aromatic heterocycles. The highest BCUT2D eigenvalue weighted by Gasteiger charge is 2.07. The number of rotatable bonds is 2. The number of aryl methyl sites for hydroxylation is 1. The molecule has 1 rings (SSSR count). The number of hydrogen-bond donors (Lipinski definition) is 1. The van der Waals surface area contributed by atoms with Gasteiger partial charge in [-0.3, -0.25) is 0 Å². The van der Waals surface area contributed by atoms with Crippen LogP contribution in [-0.4, -0.2) is 9.55 Å². The largest absolute Gasteiger partial charge is 0.369 e. The molecule has 0 atom stereocenters. The first-order chi connectivity index (χ1) is 5.20. The number of hydrogen-bond acceptors (Lipinski definition) is 2. The van der Waals surface area contributed by atoms with Crippen molar-refractivity contribution in [3.05, 3.63) is 11.4 Å². The Morgan fingerprint density at radius 1 is 1.45 bits per heavy atom. The Morgan fingerprint density at radius 2 is 2.09 bits per heavy atom. The lowest BCUT2D eigenvalue weighted by Crippen LogP contribution is -2.04. The number of nitrogen functional groups attached to an aromatic ring is 1. The van der Waals surface area contributed by atoms with Crippen molar-refractivity contribution < 1.29 is 0 Å². The van der Waals surface area contributed by atoms with Crippen LogP contribution in [0.4, 0.5) is 5.95 Å². The lowest BCUT2D eigenvalue weighted by Gasteiger charge is -2.03. The molecule has 11 heavy (non-hydrogen) atoms. The van der Waals surface area contributed by atoms with E-state index in [4.69, 9.17) is 5.73 Å². The standard InChI is InChI=1S/C8H15N3/c1-4-7-6(3)10-8(9)11(7)5-2/h4-5H2,1-3H3,(H2,9,10). The van der Waals surface area contributed by atoms with Gasteiger partial charge in [-0.1, -0.05) is 6.92 Å². The van der Waals surface area contributed by atoms with Crippen molar-refractivity contribution in [3.63, 3.8) is 0 Å². The molecule has 1 aromatic rings. The maximum Gasteiger partial charge on any atom is 0.200 e. The smallest absolute Gasteiger partial charge is 0.200 e.